The molecule has 5 heteroatoms. The molecule has 2 aromatic carbocycles. The Bertz CT molecular complexity index is 967. The number of pyridine rings is 1. The van der Waals surface area contributed by atoms with Crippen LogP contribution in [0.5, 0.6) is 0 Å². The van der Waals surface area contributed by atoms with Gasteiger partial charge in [-0.25, -0.2) is 0 Å². The predicted octanol–water partition coefficient (Wildman–Crippen LogP) is 3.80. The molecular formula is C22H19N3O2. The molecule has 134 valence electrons. The number of amides is 2. The highest BCUT2D eigenvalue weighted by molar-refractivity contribution is 6.10. The number of carbonyl (C=O) groups excluding carboxylic acids is 2. The molecule has 3 rings (SSSR count). The smallest absolute Gasteiger partial charge is 0.272 e. The van der Waals surface area contributed by atoms with Gasteiger partial charge in [0.05, 0.1) is 0 Å². The minimum absolute atomic E-state index is 0.151. The van der Waals surface area contributed by atoms with E-state index < -0.39 is 5.91 Å². The number of nitrogens with zero attached hydrogens (tertiary/aromatic N) is 1. The highest BCUT2D eigenvalue weighted by Gasteiger charge is 2.15. The molecule has 5 nitrogen and oxygen atoms in total. The van der Waals surface area contributed by atoms with E-state index in [0.29, 0.717) is 11.3 Å². The van der Waals surface area contributed by atoms with Crippen LogP contribution in [0, 0.1) is 6.92 Å². The predicted molar refractivity (Wildman–Crippen MR) is 106 cm³/mol. The lowest BCUT2D eigenvalue weighted by molar-refractivity contribution is -0.113. The van der Waals surface area contributed by atoms with Crippen LogP contribution in [0.2, 0.25) is 0 Å². The third-order valence-electron chi connectivity index (χ3n) is 3.94. The molecule has 0 fully saturated rings. The van der Waals surface area contributed by atoms with E-state index in [1.165, 1.54) is 0 Å². The number of para-hydroxylation sites is 1. The fourth-order valence-electron chi connectivity index (χ4n) is 2.47. The topological polar surface area (TPSA) is 71.1 Å². The van der Waals surface area contributed by atoms with E-state index in [0.717, 1.165) is 11.1 Å². The number of aromatic nitrogens is 1. The maximum absolute atomic E-state index is 12.8. The molecule has 0 radical (unpaired) electrons. The Morgan fingerprint density at radius 1 is 0.889 bits per heavy atom. The molecular weight excluding hydrogens is 338 g/mol. The van der Waals surface area contributed by atoms with E-state index in [1.807, 2.05) is 37.3 Å². The zero-order valence-electron chi connectivity index (χ0n) is 14.8. The quantitative estimate of drug-likeness (QED) is 0.682. The molecule has 0 aliphatic rings. The van der Waals surface area contributed by atoms with E-state index in [4.69, 9.17) is 0 Å². The van der Waals surface area contributed by atoms with Crippen LogP contribution in [0.1, 0.15) is 21.5 Å². The standard InChI is InChI=1S/C22H19N3O2/c1-16-7-5-6-10-19(16)24-22(27)20(15-17-11-13-23-14-12-17)25-21(26)18-8-3-2-4-9-18/h2-15H,1H3,(H,24,27)(H,25,26)/b20-15-. The van der Waals surface area contributed by atoms with Crippen molar-refractivity contribution in [2.75, 3.05) is 5.32 Å². The van der Waals surface area contributed by atoms with Gasteiger partial charge in [0.15, 0.2) is 0 Å². The summed E-state index contributed by atoms with van der Waals surface area (Å²) in [5.74, 6) is -0.749. The Hall–Kier alpha value is -3.73. The first-order valence-corrected chi connectivity index (χ1v) is 8.48. The van der Waals surface area contributed by atoms with Gasteiger partial charge < -0.3 is 10.6 Å². The van der Waals surface area contributed by atoms with Crippen LogP contribution >= 0.6 is 0 Å². The van der Waals surface area contributed by atoms with Gasteiger partial charge in [0.2, 0.25) is 0 Å². The molecule has 0 bridgehead atoms. The molecule has 27 heavy (non-hydrogen) atoms. The summed E-state index contributed by atoms with van der Waals surface area (Å²) in [7, 11) is 0. The first-order chi connectivity index (χ1) is 13.1. The summed E-state index contributed by atoms with van der Waals surface area (Å²) in [5, 5.41) is 5.56. The van der Waals surface area contributed by atoms with Gasteiger partial charge >= 0.3 is 0 Å². The van der Waals surface area contributed by atoms with Gasteiger partial charge in [-0.1, -0.05) is 36.4 Å². The van der Waals surface area contributed by atoms with Gasteiger partial charge in [-0.05, 0) is 54.5 Å². The highest BCUT2D eigenvalue weighted by Crippen LogP contribution is 2.15. The van der Waals surface area contributed by atoms with Crippen molar-refractivity contribution in [3.63, 3.8) is 0 Å². The average molecular weight is 357 g/mol. The van der Waals surface area contributed by atoms with Crippen molar-refractivity contribution in [2.45, 2.75) is 6.92 Å². The molecule has 0 atom stereocenters. The SMILES string of the molecule is Cc1ccccc1NC(=O)/C(=C/c1ccncc1)NC(=O)c1ccccc1. The maximum atomic E-state index is 12.8. The molecule has 2 amide bonds. The number of carbonyl (C=O) groups is 2. The number of hydrogen-bond acceptors (Lipinski definition) is 3. The van der Waals surface area contributed by atoms with E-state index >= 15 is 0 Å². The fourth-order valence-corrected chi connectivity index (χ4v) is 2.47. The van der Waals surface area contributed by atoms with Crippen molar-refractivity contribution in [3.8, 4) is 0 Å². The van der Waals surface area contributed by atoms with Crippen molar-refractivity contribution in [1.29, 1.82) is 0 Å². The molecule has 0 saturated carbocycles. The van der Waals surface area contributed by atoms with Gasteiger partial charge in [-0.3, -0.25) is 14.6 Å². The summed E-state index contributed by atoms with van der Waals surface area (Å²) in [6.45, 7) is 1.91. The first-order valence-electron chi connectivity index (χ1n) is 8.48. The Balaban J connectivity index is 1.88. The van der Waals surface area contributed by atoms with Gasteiger partial charge in [0.25, 0.3) is 11.8 Å². The number of hydrogen-bond donors (Lipinski definition) is 2. The minimum Gasteiger partial charge on any atom is -0.320 e. The number of aryl methyl sites for hydroxylation is 1. The molecule has 2 N–H and O–H groups in total. The zero-order chi connectivity index (χ0) is 19.1. The number of rotatable bonds is 5. The molecule has 0 aliphatic heterocycles. The van der Waals surface area contributed by atoms with Crippen LogP contribution < -0.4 is 10.6 Å². The molecule has 0 spiro atoms. The van der Waals surface area contributed by atoms with Crippen LogP contribution in [-0.4, -0.2) is 16.8 Å². The number of benzene rings is 2. The lowest BCUT2D eigenvalue weighted by Gasteiger charge is -2.12. The van der Waals surface area contributed by atoms with Gasteiger partial charge in [0, 0.05) is 23.6 Å². The summed E-state index contributed by atoms with van der Waals surface area (Å²) >= 11 is 0. The molecule has 1 heterocycles. The van der Waals surface area contributed by atoms with Crippen molar-refractivity contribution in [3.05, 3.63) is 102 Å². The van der Waals surface area contributed by atoms with Crippen molar-refractivity contribution < 1.29 is 9.59 Å². The van der Waals surface area contributed by atoms with Crippen molar-refractivity contribution in [2.24, 2.45) is 0 Å². The monoisotopic (exact) mass is 357 g/mol. The normalized spacial score (nSPS) is 10.9. The van der Waals surface area contributed by atoms with Gasteiger partial charge in [0.1, 0.15) is 5.70 Å². The number of anilines is 1. The second kappa shape index (κ2) is 8.58. The molecule has 1 aromatic heterocycles. The Kier molecular flexibility index (Phi) is 5.74. The highest BCUT2D eigenvalue weighted by atomic mass is 16.2. The third kappa shape index (κ3) is 4.89. The average Bonchev–Trinajstić information content (AvgIpc) is 2.70. The lowest BCUT2D eigenvalue weighted by Crippen LogP contribution is -2.30. The van der Waals surface area contributed by atoms with Crippen LogP contribution in [0.4, 0.5) is 5.69 Å². The van der Waals surface area contributed by atoms with Gasteiger partial charge in [-0.2, -0.15) is 0 Å². The summed E-state index contributed by atoms with van der Waals surface area (Å²) in [5.41, 5.74) is 3.01. The lowest BCUT2D eigenvalue weighted by atomic mass is 10.1. The van der Waals surface area contributed by atoms with Crippen LogP contribution in [-0.2, 0) is 4.79 Å². The van der Waals surface area contributed by atoms with Crippen molar-refractivity contribution >= 4 is 23.6 Å². The first kappa shape index (κ1) is 18.1. The largest absolute Gasteiger partial charge is 0.320 e. The molecule has 3 aromatic rings. The Morgan fingerprint density at radius 3 is 2.26 bits per heavy atom. The summed E-state index contributed by atoms with van der Waals surface area (Å²) in [6, 6.07) is 19.7. The Labute approximate surface area is 157 Å². The van der Waals surface area contributed by atoms with E-state index in [2.05, 4.69) is 15.6 Å². The van der Waals surface area contributed by atoms with Crippen LogP contribution in [0.25, 0.3) is 6.08 Å². The Morgan fingerprint density at radius 2 is 1.56 bits per heavy atom. The fraction of sp³-hybridized carbons (Fsp3) is 0.0455. The number of nitrogens with one attached hydrogen (secondary N) is 2. The summed E-state index contributed by atoms with van der Waals surface area (Å²) < 4.78 is 0. The van der Waals surface area contributed by atoms with Gasteiger partial charge in [-0.15, -0.1) is 0 Å². The third-order valence-corrected chi connectivity index (χ3v) is 3.94. The van der Waals surface area contributed by atoms with E-state index in [-0.39, 0.29) is 11.6 Å². The maximum Gasteiger partial charge on any atom is 0.272 e. The molecule has 0 aliphatic carbocycles. The van der Waals surface area contributed by atoms with Crippen molar-refractivity contribution in [1.82, 2.24) is 10.3 Å². The molecule has 0 saturated heterocycles. The second-order valence-electron chi connectivity index (χ2n) is 5.93. The van der Waals surface area contributed by atoms with Crippen LogP contribution in [0.3, 0.4) is 0 Å². The summed E-state index contributed by atoms with van der Waals surface area (Å²) in [6.07, 6.45) is 4.87. The van der Waals surface area contributed by atoms with E-state index in [1.54, 1.807) is 54.9 Å². The summed E-state index contributed by atoms with van der Waals surface area (Å²) in [4.78, 5) is 29.3. The minimum atomic E-state index is -0.398. The molecule has 0 unspecified atom stereocenters. The zero-order valence-corrected chi connectivity index (χ0v) is 14.8. The second-order valence-corrected chi connectivity index (χ2v) is 5.93. The van der Waals surface area contributed by atoms with Crippen LogP contribution in [0.15, 0.2) is 84.8 Å². The van der Waals surface area contributed by atoms with E-state index in [9.17, 15) is 9.59 Å².